The van der Waals surface area contributed by atoms with E-state index in [1.807, 2.05) is 0 Å². The average molecular weight is 334 g/mol. The molecular formula is C17H22N2O5. The Bertz CT molecular complexity index is 648. The molecule has 1 aliphatic heterocycles. The smallest absolute Gasteiger partial charge is 0.338 e. The Hall–Kier alpha value is -2.44. The maximum atomic E-state index is 12.2. The maximum absolute atomic E-state index is 12.2. The van der Waals surface area contributed by atoms with Gasteiger partial charge in [0.05, 0.1) is 10.5 Å². The van der Waals surface area contributed by atoms with Gasteiger partial charge in [-0.2, -0.15) is 0 Å². The zero-order chi connectivity index (χ0) is 17.9. The van der Waals surface area contributed by atoms with Gasteiger partial charge in [-0.25, -0.2) is 4.79 Å². The van der Waals surface area contributed by atoms with Gasteiger partial charge in [-0.15, -0.1) is 0 Å². The molecule has 1 fully saturated rings. The molecule has 1 heterocycles. The summed E-state index contributed by atoms with van der Waals surface area (Å²) in [6, 6.07) is 4.00. The van der Waals surface area contributed by atoms with Crippen LogP contribution >= 0.6 is 0 Å². The molecule has 7 nitrogen and oxygen atoms in total. The number of aryl methyl sites for hydroxylation is 1. The van der Waals surface area contributed by atoms with E-state index in [1.165, 1.54) is 18.2 Å². The summed E-state index contributed by atoms with van der Waals surface area (Å²) in [6.07, 6.45) is 1.09. The number of ether oxygens (including phenoxy) is 1. The fourth-order valence-corrected chi connectivity index (χ4v) is 3.16. The molecule has 1 aromatic carbocycles. The number of esters is 1. The number of nitro groups is 1. The second kappa shape index (κ2) is 7.42. The monoisotopic (exact) mass is 334 g/mol. The van der Waals surface area contributed by atoms with E-state index in [2.05, 4.69) is 13.8 Å². The molecule has 0 spiro atoms. The highest BCUT2D eigenvalue weighted by Gasteiger charge is 2.26. The number of rotatable bonds is 4. The average Bonchev–Trinajstić information content (AvgIpc) is 2.50. The van der Waals surface area contributed by atoms with E-state index in [9.17, 15) is 19.7 Å². The van der Waals surface area contributed by atoms with Gasteiger partial charge >= 0.3 is 5.97 Å². The van der Waals surface area contributed by atoms with E-state index in [1.54, 1.807) is 11.8 Å². The minimum absolute atomic E-state index is 0.0566. The van der Waals surface area contributed by atoms with Gasteiger partial charge in [0, 0.05) is 24.7 Å². The molecular weight excluding hydrogens is 312 g/mol. The van der Waals surface area contributed by atoms with Crippen LogP contribution < -0.4 is 0 Å². The Kier molecular flexibility index (Phi) is 5.54. The Morgan fingerprint density at radius 1 is 1.29 bits per heavy atom. The van der Waals surface area contributed by atoms with Crippen molar-refractivity contribution in [3.63, 3.8) is 0 Å². The predicted molar refractivity (Wildman–Crippen MR) is 87.6 cm³/mol. The summed E-state index contributed by atoms with van der Waals surface area (Å²) in [5.41, 5.74) is 0.518. The summed E-state index contributed by atoms with van der Waals surface area (Å²) < 4.78 is 5.07. The lowest BCUT2D eigenvalue weighted by molar-refractivity contribution is -0.385. The van der Waals surface area contributed by atoms with E-state index in [0.717, 1.165) is 6.42 Å². The molecule has 0 aliphatic carbocycles. The first-order valence-electron chi connectivity index (χ1n) is 7.98. The molecule has 0 radical (unpaired) electrons. The van der Waals surface area contributed by atoms with Gasteiger partial charge < -0.3 is 9.64 Å². The Morgan fingerprint density at radius 3 is 2.46 bits per heavy atom. The van der Waals surface area contributed by atoms with Crippen molar-refractivity contribution in [2.45, 2.75) is 27.2 Å². The van der Waals surface area contributed by atoms with Crippen LogP contribution in [0.2, 0.25) is 0 Å². The van der Waals surface area contributed by atoms with E-state index in [-0.39, 0.29) is 23.8 Å². The largest absolute Gasteiger partial charge is 0.452 e. The molecule has 7 heteroatoms. The van der Waals surface area contributed by atoms with Crippen LogP contribution in [0.5, 0.6) is 0 Å². The van der Waals surface area contributed by atoms with Crippen molar-refractivity contribution >= 4 is 17.6 Å². The van der Waals surface area contributed by atoms with Gasteiger partial charge in [-0.3, -0.25) is 14.9 Å². The van der Waals surface area contributed by atoms with E-state index >= 15 is 0 Å². The first kappa shape index (κ1) is 17.9. The van der Waals surface area contributed by atoms with Gasteiger partial charge in [0.25, 0.3) is 11.6 Å². The number of nitrogens with zero attached hydrogens (tertiary/aromatic N) is 2. The van der Waals surface area contributed by atoms with Crippen LogP contribution in [0.15, 0.2) is 18.2 Å². The fraction of sp³-hybridized carbons (Fsp3) is 0.529. The van der Waals surface area contributed by atoms with Crippen LogP contribution in [0.25, 0.3) is 0 Å². The topological polar surface area (TPSA) is 89.8 Å². The van der Waals surface area contributed by atoms with E-state index in [0.29, 0.717) is 30.5 Å². The van der Waals surface area contributed by atoms with Crippen molar-refractivity contribution in [2.24, 2.45) is 11.8 Å². The first-order valence-corrected chi connectivity index (χ1v) is 7.98. The molecule has 2 atom stereocenters. The summed E-state index contributed by atoms with van der Waals surface area (Å²) in [7, 11) is 0. The van der Waals surface area contributed by atoms with Gasteiger partial charge in [0.2, 0.25) is 0 Å². The van der Waals surface area contributed by atoms with Crippen LogP contribution in [0.1, 0.15) is 36.2 Å². The number of carbonyl (C=O) groups excluding carboxylic acids is 2. The van der Waals surface area contributed by atoms with Crippen molar-refractivity contribution in [2.75, 3.05) is 19.7 Å². The van der Waals surface area contributed by atoms with Gasteiger partial charge in [-0.05, 0) is 37.3 Å². The number of nitro benzene ring substituents is 1. The highest BCUT2D eigenvalue weighted by molar-refractivity contribution is 5.91. The van der Waals surface area contributed by atoms with Gasteiger partial charge in [0.15, 0.2) is 6.61 Å². The first-order chi connectivity index (χ1) is 11.3. The third kappa shape index (κ3) is 4.31. The minimum atomic E-state index is -0.653. The fourth-order valence-electron chi connectivity index (χ4n) is 3.16. The lowest BCUT2D eigenvalue weighted by Gasteiger charge is -2.34. The highest BCUT2D eigenvalue weighted by atomic mass is 16.6. The highest BCUT2D eigenvalue weighted by Crippen LogP contribution is 2.21. The molecule has 0 unspecified atom stereocenters. The molecule has 130 valence electrons. The number of hydrogen-bond donors (Lipinski definition) is 0. The van der Waals surface area contributed by atoms with Crippen molar-refractivity contribution in [3.8, 4) is 0 Å². The van der Waals surface area contributed by atoms with Crippen LogP contribution in [-0.2, 0) is 9.53 Å². The predicted octanol–water partition coefficient (Wildman–Crippen LogP) is 2.56. The molecule has 1 saturated heterocycles. The van der Waals surface area contributed by atoms with Crippen molar-refractivity contribution in [3.05, 3.63) is 39.4 Å². The lowest BCUT2D eigenvalue weighted by atomic mass is 9.92. The summed E-state index contributed by atoms with van der Waals surface area (Å²) in [6.45, 7) is 6.79. The van der Waals surface area contributed by atoms with Crippen molar-refractivity contribution in [1.82, 2.24) is 4.90 Å². The Morgan fingerprint density at radius 2 is 1.92 bits per heavy atom. The Labute approximate surface area is 140 Å². The molecule has 24 heavy (non-hydrogen) atoms. The number of hydrogen-bond acceptors (Lipinski definition) is 5. The minimum Gasteiger partial charge on any atom is -0.452 e. The molecule has 0 aromatic heterocycles. The molecule has 0 bridgehead atoms. The molecule has 2 rings (SSSR count). The van der Waals surface area contributed by atoms with Gasteiger partial charge in [-0.1, -0.05) is 13.8 Å². The zero-order valence-corrected chi connectivity index (χ0v) is 14.2. The van der Waals surface area contributed by atoms with Crippen LogP contribution in [0.4, 0.5) is 5.69 Å². The SMILES string of the molecule is Cc1cc(C(=O)OCC(=O)N2C[C@H](C)C[C@@H](C)C2)ccc1[N+](=O)[O-]. The van der Waals surface area contributed by atoms with Crippen molar-refractivity contribution < 1.29 is 19.2 Å². The Balaban J connectivity index is 1.94. The molecule has 1 amide bonds. The van der Waals surface area contributed by atoms with Crippen LogP contribution in [0.3, 0.4) is 0 Å². The van der Waals surface area contributed by atoms with Crippen molar-refractivity contribution in [1.29, 1.82) is 0 Å². The normalized spacial score (nSPS) is 20.5. The number of amides is 1. The van der Waals surface area contributed by atoms with Crippen LogP contribution in [0, 0.1) is 28.9 Å². The maximum Gasteiger partial charge on any atom is 0.338 e. The second-order valence-corrected chi connectivity index (χ2v) is 6.58. The summed E-state index contributed by atoms with van der Waals surface area (Å²) >= 11 is 0. The number of piperidine rings is 1. The molecule has 0 saturated carbocycles. The number of carbonyl (C=O) groups is 2. The van der Waals surface area contributed by atoms with E-state index in [4.69, 9.17) is 4.74 Å². The zero-order valence-electron chi connectivity index (χ0n) is 14.2. The van der Waals surface area contributed by atoms with E-state index < -0.39 is 10.9 Å². The summed E-state index contributed by atoms with van der Waals surface area (Å²) in [4.78, 5) is 36.2. The quantitative estimate of drug-likeness (QED) is 0.479. The second-order valence-electron chi connectivity index (χ2n) is 6.58. The summed E-state index contributed by atoms with van der Waals surface area (Å²) in [5.74, 6) is 0.0104. The third-order valence-corrected chi connectivity index (χ3v) is 4.18. The number of benzene rings is 1. The third-order valence-electron chi connectivity index (χ3n) is 4.18. The summed E-state index contributed by atoms with van der Waals surface area (Å²) in [5, 5.41) is 10.8. The van der Waals surface area contributed by atoms with Gasteiger partial charge in [0.1, 0.15) is 0 Å². The van der Waals surface area contributed by atoms with Crippen LogP contribution in [-0.4, -0.2) is 41.4 Å². The molecule has 1 aromatic rings. The molecule has 0 N–H and O–H groups in total. The lowest BCUT2D eigenvalue weighted by Crippen LogP contribution is -2.44. The molecule has 1 aliphatic rings. The number of likely N-dealkylation sites (tertiary alicyclic amines) is 1. The standard InChI is InChI=1S/C17H22N2O5/c1-11-6-12(2)9-18(8-11)16(20)10-24-17(21)14-4-5-15(19(22)23)13(3)7-14/h4-5,7,11-12H,6,8-10H2,1-3H3/t11-,12-/m1/s1.